The fourth-order valence-corrected chi connectivity index (χ4v) is 4.22. The molecule has 3 nitrogen and oxygen atoms in total. The van der Waals surface area contributed by atoms with E-state index in [-0.39, 0.29) is 11.3 Å². The lowest BCUT2D eigenvalue weighted by Crippen LogP contribution is -2.38. The van der Waals surface area contributed by atoms with Crippen LogP contribution in [0.25, 0.3) is 5.57 Å². The second kappa shape index (κ2) is 7.08. The molecule has 0 unspecified atom stereocenters. The molecule has 3 heteroatoms. The van der Waals surface area contributed by atoms with Crippen LogP contribution in [0.15, 0.2) is 54.6 Å². The highest BCUT2D eigenvalue weighted by Gasteiger charge is 2.34. The van der Waals surface area contributed by atoms with Crippen LogP contribution in [0.2, 0.25) is 0 Å². The molecule has 2 N–H and O–H groups in total. The van der Waals surface area contributed by atoms with Crippen molar-refractivity contribution in [3.05, 3.63) is 71.3 Å². The molecule has 0 radical (unpaired) electrons. The lowest BCUT2D eigenvalue weighted by molar-refractivity contribution is -0.115. The number of hydrogen-bond donors (Lipinski definition) is 2. The van der Waals surface area contributed by atoms with E-state index in [1.165, 1.54) is 35.1 Å². The number of nitrogens with one attached hydrogen (secondary N) is 2. The second-order valence-electron chi connectivity index (χ2n) is 7.48. The molecule has 1 fully saturated rings. The Bertz CT molecular complexity index is 830. The zero-order chi connectivity index (χ0) is 18.0. The van der Waals surface area contributed by atoms with Gasteiger partial charge in [-0.3, -0.25) is 4.79 Å². The van der Waals surface area contributed by atoms with Crippen LogP contribution in [0.1, 0.15) is 42.9 Å². The van der Waals surface area contributed by atoms with Gasteiger partial charge >= 0.3 is 0 Å². The number of amides is 1. The predicted molar refractivity (Wildman–Crippen MR) is 107 cm³/mol. The van der Waals surface area contributed by atoms with Gasteiger partial charge in [0.2, 0.25) is 5.91 Å². The van der Waals surface area contributed by atoms with E-state index in [0.29, 0.717) is 6.42 Å². The molecule has 0 saturated carbocycles. The van der Waals surface area contributed by atoms with Gasteiger partial charge in [0.15, 0.2) is 0 Å². The van der Waals surface area contributed by atoms with E-state index in [9.17, 15) is 4.79 Å². The van der Waals surface area contributed by atoms with E-state index in [1.54, 1.807) is 0 Å². The summed E-state index contributed by atoms with van der Waals surface area (Å²) in [7, 11) is 0. The lowest BCUT2D eigenvalue weighted by Gasteiger charge is -2.39. The van der Waals surface area contributed by atoms with Crippen LogP contribution >= 0.6 is 0 Å². The molecule has 0 aromatic heterocycles. The normalized spacial score (nSPS) is 18.1. The van der Waals surface area contributed by atoms with E-state index in [0.717, 1.165) is 25.2 Å². The van der Waals surface area contributed by atoms with Gasteiger partial charge < -0.3 is 10.6 Å². The Hall–Kier alpha value is -2.39. The first kappa shape index (κ1) is 17.0. The van der Waals surface area contributed by atoms with Crippen LogP contribution in [0.3, 0.4) is 0 Å². The van der Waals surface area contributed by atoms with Gasteiger partial charge in [-0.25, -0.2) is 0 Å². The average Bonchev–Trinajstić information content (AvgIpc) is 2.68. The maximum Gasteiger partial charge on any atom is 0.224 e. The van der Waals surface area contributed by atoms with Crippen molar-refractivity contribution < 1.29 is 4.79 Å². The highest BCUT2D eigenvalue weighted by atomic mass is 16.1. The minimum Gasteiger partial charge on any atom is -0.326 e. The fraction of sp³-hybridized carbons (Fsp3) is 0.348. The first-order chi connectivity index (χ1) is 12.7. The Morgan fingerprint density at radius 1 is 1.08 bits per heavy atom. The fourth-order valence-electron chi connectivity index (χ4n) is 4.22. The number of hydrogen-bond acceptors (Lipinski definition) is 2. The Labute approximate surface area is 155 Å². The zero-order valence-corrected chi connectivity index (χ0v) is 15.3. The number of carbonyl (C=O) groups is 1. The van der Waals surface area contributed by atoms with E-state index in [4.69, 9.17) is 0 Å². The third-order valence-corrected chi connectivity index (χ3v) is 5.70. The summed E-state index contributed by atoms with van der Waals surface area (Å²) in [6.45, 7) is 4.05. The van der Waals surface area contributed by atoms with Crippen LogP contribution in [0.5, 0.6) is 0 Å². The maximum atomic E-state index is 11.6. The van der Waals surface area contributed by atoms with Crippen LogP contribution in [0.4, 0.5) is 5.69 Å². The molecule has 2 aliphatic rings. The van der Waals surface area contributed by atoms with Crippen LogP contribution in [0, 0.1) is 5.41 Å². The largest absolute Gasteiger partial charge is 0.326 e. The summed E-state index contributed by atoms with van der Waals surface area (Å²) in [6, 6.07) is 17.1. The van der Waals surface area contributed by atoms with Crippen molar-refractivity contribution in [3.8, 4) is 0 Å². The van der Waals surface area contributed by atoms with Crippen molar-refractivity contribution in [1.29, 1.82) is 0 Å². The number of carbonyl (C=O) groups excluding carboxylic acids is 1. The Morgan fingerprint density at radius 2 is 1.81 bits per heavy atom. The summed E-state index contributed by atoms with van der Waals surface area (Å²) in [5.41, 5.74) is 6.50. The van der Waals surface area contributed by atoms with Crippen LogP contribution in [-0.2, 0) is 11.2 Å². The van der Waals surface area contributed by atoms with Crippen molar-refractivity contribution in [2.75, 3.05) is 18.4 Å². The second-order valence-corrected chi connectivity index (χ2v) is 7.48. The first-order valence-electron chi connectivity index (χ1n) is 9.61. The van der Waals surface area contributed by atoms with Gasteiger partial charge in [0.1, 0.15) is 0 Å². The molecule has 1 spiro atoms. The highest BCUT2D eigenvalue weighted by Crippen LogP contribution is 2.44. The van der Waals surface area contributed by atoms with Crippen molar-refractivity contribution in [3.63, 3.8) is 0 Å². The molecule has 0 atom stereocenters. The monoisotopic (exact) mass is 346 g/mol. The van der Waals surface area contributed by atoms with Gasteiger partial charge in [0.25, 0.3) is 0 Å². The smallest absolute Gasteiger partial charge is 0.224 e. The molecule has 4 rings (SSSR count). The number of anilines is 1. The molecule has 1 aliphatic carbocycles. The highest BCUT2D eigenvalue weighted by molar-refractivity contribution is 5.91. The first-order valence-corrected chi connectivity index (χ1v) is 9.61. The summed E-state index contributed by atoms with van der Waals surface area (Å²) >= 11 is 0. The number of piperidine rings is 1. The molecule has 0 bridgehead atoms. The molecule has 1 heterocycles. The van der Waals surface area contributed by atoms with E-state index in [2.05, 4.69) is 53.1 Å². The summed E-state index contributed by atoms with van der Waals surface area (Å²) in [6.07, 6.45) is 6.54. The summed E-state index contributed by atoms with van der Waals surface area (Å²) < 4.78 is 0. The molecular formula is C23H26N2O. The third kappa shape index (κ3) is 3.32. The topological polar surface area (TPSA) is 41.1 Å². The number of allylic oxidation sites excluding steroid dienone is 1. The summed E-state index contributed by atoms with van der Waals surface area (Å²) in [5.74, 6) is 0.0497. The molecular weight excluding hydrogens is 320 g/mol. The van der Waals surface area contributed by atoms with Crippen molar-refractivity contribution >= 4 is 17.2 Å². The summed E-state index contributed by atoms with van der Waals surface area (Å²) in [4.78, 5) is 11.6. The minimum atomic E-state index is 0.0497. The van der Waals surface area contributed by atoms with Crippen molar-refractivity contribution in [2.24, 2.45) is 5.41 Å². The lowest BCUT2D eigenvalue weighted by atomic mass is 9.67. The van der Waals surface area contributed by atoms with Gasteiger partial charge in [-0.1, -0.05) is 49.4 Å². The van der Waals surface area contributed by atoms with E-state index < -0.39 is 0 Å². The number of benzene rings is 2. The van der Waals surface area contributed by atoms with Crippen molar-refractivity contribution in [2.45, 2.75) is 32.6 Å². The average molecular weight is 346 g/mol. The summed E-state index contributed by atoms with van der Waals surface area (Å²) in [5, 5.41) is 6.43. The van der Waals surface area contributed by atoms with Crippen LogP contribution < -0.4 is 10.6 Å². The molecule has 26 heavy (non-hydrogen) atoms. The Morgan fingerprint density at radius 3 is 2.54 bits per heavy atom. The van der Waals surface area contributed by atoms with E-state index >= 15 is 0 Å². The number of rotatable bonds is 3. The van der Waals surface area contributed by atoms with Crippen molar-refractivity contribution in [1.82, 2.24) is 5.32 Å². The molecule has 1 aliphatic heterocycles. The van der Waals surface area contributed by atoms with E-state index in [1.807, 2.05) is 19.1 Å². The molecule has 2 aromatic carbocycles. The quantitative estimate of drug-likeness (QED) is 0.865. The Kier molecular flexibility index (Phi) is 4.64. The molecule has 2 aromatic rings. The molecule has 1 saturated heterocycles. The predicted octanol–water partition coefficient (Wildman–Crippen LogP) is 4.39. The SMILES string of the molecule is CCC(=O)Nc1ccc(C2=CC3(CCNCC3)Cc3ccccc32)cc1. The molecule has 134 valence electrons. The van der Waals surface area contributed by atoms with Gasteiger partial charge in [0, 0.05) is 12.1 Å². The molecule has 1 amide bonds. The van der Waals surface area contributed by atoms with Gasteiger partial charge in [0.05, 0.1) is 0 Å². The number of fused-ring (bicyclic) bond motifs is 1. The van der Waals surface area contributed by atoms with Gasteiger partial charge in [-0.2, -0.15) is 0 Å². The minimum absolute atomic E-state index is 0.0497. The zero-order valence-electron chi connectivity index (χ0n) is 15.3. The van der Waals surface area contributed by atoms with Crippen LogP contribution in [-0.4, -0.2) is 19.0 Å². The Balaban J connectivity index is 1.71. The maximum absolute atomic E-state index is 11.6. The van der Waals surface area contributed by atoms with Gasteiger partial charge in [-0.05, 0) is 72.2 Å². The third-order valence-electron chi connectivity index (χ3n) is 5.70. The van der Waals surface area contributed by atoms with Gasteiger partial charge in [-0.15, -0.1) is 0 Å². The standard InChI is InChI=1S/C23H26N2O/c1-2-22(26)25-19-9-7-17(8-10-19)21-16-23(11-13-24-14-12-23)15-18-5-3-4-6-20(18)21/h3-10,16,24H,2,11-15H2,1H3,(H,25,26).